The second-order valence-electron chi connectivity index (χ2n) is 2.34. The van der Waals surface area contributed by atoms with E-state index in [-0.39, 0.29) is 24.0 Å². The summed E-state index contributed by atoms with van der Waals surface area (Å²) in [6.07, 6.45) is 14.2. The Morgan fingerprint density at radius 2 is 1.50 bits per heavy atom. The Kier molecular flexibility index (Phi) is 5.40. The second-order valence-corrected chi connectivity index (χ2v) is 2.34. The van der Waals surface area contributed by atoms with Gasteiger partial charge in [-0.2, -0.15) is 0 Å². The van der Waals surface area contributed by atoms with Crippen molar-refractivity contribution >= 4 is 24.0 Å². The molecule has 0 N–H and O–H groups in total. The predicted molar refractivity (Wildman–Crippen MR) is 60.5 cm³/mol. The van der Waals surface area contributed by atoms with E-state index in [0.29, 0.717) is 13.1 Å². The van der Waals surface area contributed by atoms with Crippen LogP contribution in [0.5, 0.6) is 0 Å². The molecule has 0 aliphatic carbocycles. The van der Waals surface area contributed by atoms with Gasteiger partial charge in [0.2, 0.25) is 0 Å². The van der Waals surface area contributed by atoms with Crippen LogP contribution in [0.3, 0.4) is 0 Å². The number of rotatable bonds is 2. The summed E-state index contributed by atoms with van der Waals surface area (Å²) in [4.78, 5) is 4.05. The van der Waals surface area contributed by atoms with Gasteiger partial charge in [0.15, 0.2) is 0 Å². The van der Waals surface area contributed by atoms with Gasteiger partial charge in [0.25, 0.3) is 0 Å². The standard InChI is InChI=1S/C9H10N2.HI/c1-3-5-10-7-8-11(9-10)6-4-2;/h1-2,7-8H,5-6,9H2;1H. The molecule has 0 fully saturated rings. The average molecular weight is 274 g/mol. The summed E-state index contributed by atoms with van der Waals surface area (Å²) in [5, 5.41) is 0. The Hall–Kier alpha value is -0.810. The van der Waals surface area contributed by atoms with Crippen molar-refractivity contribution in [3.63, 3.8) is 0 Å². The van der Waals surface area contributed by atoms with E-state index in [0.717, 1.165) is 6.67 Å². The summed E-state index contributed by atoms with van der Waals surface area (Å²) in [7, 11) is 0. The Morgan fingerprint density at radius 1 is 1.08 bits per heavy atom. The fourth-order valence-electron chi connectivity index (χ4n) is 0.956. The molecule has 0 aromatic rings. The first-order chi connectivity index (χ1) is 5.36. The van der Waals surface area contributed by atoms with E-state index in [1.54, 1.807) is 0 Å². The fraction of sp³-hybridized carbons (Fsp3) is 0.333. The Balaban J connectivity index is 0.00000121. The summed E-state index contributed by atoms with van der Waals surface area (Å²) in [5.41, 5.74) is 0. The molecule has 3 heteroatoms. The maximum Gasteiger partial charge on any atom is 0.0911 e. The monoisotopic (exact) mass is 274 g/mol. The molecular formula is C9H11IN2. The van der Waals surface area contributed by atoms with Gasteiger partial charge in [-0.15, -0.1) is 36.8 Å². The van der Waals surface area contributed by atoms with Crippen LogP contribution in [0.2, 0.25) is 0 Å². The number of nitrogens with zero attached hydrogens (tertiary/aromatic N) is 2. The Morgan fingerprint density at radius 3 is 1.83 bits per heavy atom. The molecule has 0 aromatic heterocycles. The van der Waals surface area contributed by atoms with Crippen molar-refractivity contribution in [1.82, 2.24) is 9.80 Å². The Bertz CT molecular complexity index is 210. The van der Waals surface area contributed by atoms with E-state index in [4.69, 9.17) is 12.8 Å². The number of terminal acetylenes is 2. The third-order valence-electron chi connectivity index (χ3n) is 1.44. The highest BCUT2D eigenvalue weighted by atomic mass is 127. The summed E-state index contributed by atoms with van der Waals surface area (Å²) in [5.74, 6) is 5.14. The lowest BCUT2D eigenvalue weighted by atomic mass is 10.6. The van der Waals surface area contributed by atoms with Gasteiger partial charge >= 0.3 is 0 Å². The van der Waals surface area contributed by atoms with Crippen molar-refractivity contribution in [2.45, 2.75) is 0 Å². The molecule has 1 heterocycles. The molecule has 0 saturated heterocycles. The zero-order valence-corrected chi connectivity index (χ0v) is 9.06. The van der Waals surface area contributed by atoms with Crippen LogP contribution in [0, 0.1) is 24.7 Å². The number of hydrogen-bond acceptors (Lipinski definition) is 2. The molecule has 0 bridgehead atoms. The van der Waals surface area contributed by atoms with Crippen LogP contribution in [0.15, 0.2) is 12.4 Å². The summed E-state index contributed by atoms with van der Waals surface area (Å²) in [6.45, 7) is 2.11. The molecule has 2 nitrogen and oxygen atoms in total. The van der Waals surface area contributed by atoms with Gasteiger partial charge in [-0.05, 0) is 0 Å². The summed E-state index contributed by atoms with van der Waals surface area (Å²) in [6, 6.07) is 0. The van der Waals surface area contributed by atoms with Crippen LogP contribution in [-0.4, -0.2) is 29.6 Å². The van der Waals surface area contributed by atoms with E-state index >= 15 is 0 Å². The Labute approximate surface area is 90.6 Å². The quantitative estimate of drug-likeness (QED) is 0.545. The molecule has 0 aromatic carbocycles. The van der Waals surface area contributed by atoms with E-state index < -0.39 is 0 Å². The molecule has 0 amide bonds. The minimum absolute atomic E-state index is 0. The van der Waals surface area contributed by atoms with Crippen molar-refractivity contribution in [2.24, 2.45) is 0 Å². The number of halogens is 1. The molecule has 64 valence electrons. The van der Waals surface area contributed by atoms with Crippen LogP contribution in [0.4, 0.5) is 0 Å². The highest BCUT2D eigenvalue weighted by molar-refractivity contribution is 14.0. The molecule has 0 atom stereocenters. The van der Waals surface area contributed by atoms with Gasteiger partial charge in [-0.3, -0.25) is 0 Å². The van der Waals surface area contributed by atoms with Crippen LogP contribution in [0.1, 0.15) is 0 Å². The van der Waals surface area contributed by atoms with Gasteiger partial charge in [0.1, 0.15) is 0 Å². The third-order valence-corrected chi connectivity index (χ3v) is 1.44. The first-order valence-corrected chi connectivity index (χ1v) is 3.40. The van der Waals surface area contributed by atoms with Crippen molar-refractivity contribution in [3.8, 4) is 24.7 Å². The van der Waals surface area contributed by atoms with Gasteiger partial charge in [-0.25, -0.2) is 0 Å². The van der Waals surface area contributed by atoms with Crippen molar-refractivity contribution in [3.05, 3.63) is 12.4 Å². The van der Waals surface area contributed by atoms with E-state index in [1.165, 1.54) is 0 Å². The first-order valence-electron chi connectivity index (χ1n) is 3.40. The topological polar surface area (TPSA) is 6.48 Å². The van der Waals surface area contributed by atoms with Crippen LogP contribution < -0.4 is 0 Å². The molecule has 0 spiro atoms. The van der Waals surface area contributed by atoms with Gasteiger partial charge in [0, 0.05) is 12.4 Å². The molecule has 1 rings (SSSR count). The third kappa shape index (κ3) is 3.06. The lowest BCUT2D eigenvalue weighted by molar-refractivity contribution is 0.305. The molecular weight excluding hydrogens is 263 g/mol. The zero-order valence-electron chi connectivity index (χ0n) is 6.73. The summed E-state index contributed by atoms with van der Waals surface area (Å²) >= 11 is 0. The lowest BCUT2D eigenvalue weighted by Crippen LogP contribution is -2.25. The second kappa shape index (κ2) is 5.79. The molecule has 0 radical (unpaired) electrons. The van der Waals surface area contributed by atoms with Crippen molar-refractivity contribution < 1.29 is 0 Å². The maximum atomic E-state index is 5.14. The molecule has 0 saturated carbocycles. The largest absolute Gasteiger partial charge is 0.348 e. The van der Waals surface area contributed by atoms with E-state index in [1.807, 2.05) is 22.2 Å². The van der Waals surface area contributed by atoms with Crippen molar-refractivity contribution in [2.75, 3.05) is 19.8 Å². The van der Waals surface area contributed by atoms with E-state index in [9.17, 15) is 0 Å². The van der Waals surface area contributed by atoms with Crippen LogP contribution >= 0.6 is 24.0 Å². The first kappa shape index (κ1) is 11.2. The van der Waals surface area contributed by atoms with Gasteiger partial charge in [-0.1, -0.05) is 11.8 Å². The summed E-state index contributed by atoms with van der Waals surface area (Å²) < 4.78 is 0. The fourth-order valence-corrected chi connectivity index (χ4v) is 0.956. The van der Waals surface area contributed by atoms with E-state index in [2.05, 4.69) is 11.8 Å². The molecule has 1 aliphatic rings. The normalized spacial score (nSPS) is 13.5. The smallest absolute Gasteiger partial charge is 0.0911 e. The maximum absolute atomic E-state index is 5.14. The van der Waals surface area contributed by atoms with Gasteiger partial charge in [0.05, 0.1) is 19.8 Å². The number of hydrogen-bond donors (Lipinski definition) is 0. The lowest BCUT2D eigenvalue weighted by Gasteiger charge is -2.16. The highest BCUT2D eigenvalue weighted by Crippen LogP contribution is 2.03. The SMILES string of the molecule is C#CCN1C=CN(CC#C)C1.I. The molecule has 12 heavy (non-hydrogen) atoms. The van der Waals surface area contributed by atoms with Crippen LogP contribution in [-0.2, 0) is 0 Å². The minimum Gasteiger partial charge on any atom is -0.348 e. The highest BCUT2D eigenvalue weighted by Gasteiger charge is 2.08. The molecule has 0 unspecified atom stereocenters. The molecule has 1 aliphatic heterocycles. The predicted octanol–water partition coefficient (Wildman–Crippen LogP) is 0.917. The average Bonchev–Trinajstić information content (AvgIpc) is 2.38. The van der Waals surface area contributed by atoms with Crippen LogP contribution in [0.25, 0.3) is 0 Å². The zero-order chi connectivity index (χ0) is 8.10. The van der Waals surface area contributed by atoms with Crippen molar-refractivity contribution in [1.29, 1.82) is 0 Å². The van der Waals surface area contributed by atoms with Gasteiger partial charge < -0.3 is 9.80 Å². The minimum atomic E-state index is 0.